The third-order valence-electron chi connectivity index (χ3n) is 2.50. The zero-order chi connectivity index (χ0) is 10.2. The van der Waals surface area contributed by atoms with Crippen LogP contribution in [0.3, 0.4) is 0 Å². The van der Waals surface area contributed by atoms with E-state index in [4.69, 9.17) is 4.74 Å². The minimum absolute atomic E-state index is 0.0977. The van der Waals surface area contributed by atoms with Crippen molar-refractivity contribution in [2.75, 3.05) is 6.61 Å². The van der Waals surface area contributed by atoms with Gasteiger partial charge in [0.05, 0.1) is 0 Å². The van der Waals surface area contributed by atoms with Gasteiger partial charge in [0.25, 0.3) is 0 Å². The molecule has 0 aromatic carbocycles. The second-order valence-electron chi connectivity index (χ2n) is 3.66. The van der Waals surface area contributed by atoms with Gasteiger partial charge in [0, 0.05) is 6.42 Å². The highest BCUT2D eigenvalue weighted by atomic mass is 16.5. The molecule has 1 atom stereocenters. The summed E-state index contributed by atoms with van der Waals surface area (Å²) in [5.74, 6) is 0.579. The zero-order valence-corrected chi connectivity index (χ0v) is 8.58. The first-order valence-corrected chi connectivity index (χ1v) is 5.24. The number of rotatable bonds is 5. The standard InChI is InChI=1S/C12H18O2/c1-2-10-14-12(13)9-8-11-6-4-3-5-7-11/h2-4,11H,1,5-10H2. The molecule has 2 heteroatoms. The topological polar surface area (TPSA) is 26.3 Å². The summed E-state index contributed by atoms with van der Waals surface area (Å²) in [5.41, 5.74) is 0. The van der Waals surface area contributed by atoms with Gasteiger partial charge in [-0.3, -0.25) is 4.79 Å². The molecule has 2 nitrogen and oxygen atoms in total. The van der Waals surface area contributed by atoms with Crippen molar-refractivity contribution in [3.8, 4) is 0 Å². The van der Waals surface area contributed by atoms with Crippen LogP contribution in [0.5, 0.6) is 0 Å². The Hall–Kier alpha value is -1.05. The molecule has 1 aliphatic carbocycles. The number of carbonyl (C=O) groups excluding carboxylic acids is 1. The number of hydrogen-bond donors (Lipinski definition) is 0. The quantitative estimate of drug-likeness (QED) is 0.497. The Balaban J connectivity index is 2.09. The van der Waals surface area contributed by atoms with Crippen LogP contribution in [-0.4, -0.2) is 12.6 Å². The molecule has 0 radical (unpaired) electrons. The third-order valence-corrected chi connectivity index (χ3v) is 2.50. The molecule has 1 aliphatic rings. The highest BCUT2D eigenvalue weighted by Crippen LogP contribution is 2.22. The summed E-state index contributed by atoms with van der Waals surface area (Å²) in [6, 6.07) is 0. The van der Waals surface area contributed by atoms with E-state index in [9.17, 15) is 4.79 Å². The van der Waals surface area contributed by atoms with Crippen LogP contribution < -0.4 is 0 Å². The SMILES string of the molecule is C=CCOC(=O)CCC1CC=CCC1. The van der Waals surface area contributed by atoms with E-state index in [0.717, 1.165) is 19.3 Å². The van der Waals surface area contributed by atoms with Crippen molar-refractivity contribution < 1.29 is 9.53 Å². The van der Waals surface area contributed by atoms with Gasteiger partial charge in [-0.15, -0.1) is 0 Å². The van der Waals surface area contributed by atoms with Gasteiger partial charge in [-0.25, -0.2) is 0 Å². The van der Waals surface area contributed by atoms with Crippen LogP contribution in [0, 0.1) is 5.92 Å². The number of carbonyl (C=O) groups is 1. The first-order chi connectivity index (χ1) is 6.83. The maximum Gasteiger partial charge on any atom is 0.306 e. The molecule has 0 aromatic rings. The van der Waals surface area contributed by atoms with Crippen molar-refractivity contribution in [2.24, 2.45) is 5.92 Å². The highest BCUT2D eigenvalue weighted by Gasteiger charge is 2.12. The van der Waals surface area contributed by atoms with E-state index in [1.807, 2.05) is 0 Å². The lowest BCUT2D eigenvalue weighted by atomic mass is 9.90. The first kappa shape index (κ1) is 11.0. The molecular formula is C12H18O2. The summed E-state index contributed by atoms with van der Waals surface area (Å²) in [7, 11) is 0. The van der Waals surface area contributed by atoms with Gasteiger partial charge < -0.3 is 4.74 Å². The molecule has 78 valence electrons. The van der Waals surface area contributed by atoms with Gasteiger partial charge in [0.2, 0.25) is 0 Å². The average Bonchev–Trinajstić information content (AvgIpc) is 2.25. The Labute approximate surface area is 85.6 Å². The van der Waals surface area contributed by atoms with E-state index in [1.165, 1.54) is 6.42 Å². The number of allylic oxidation sites excluding steroid dienone is 2. The number of esters is 1. The van der Waals surface area contributed by atoms with Crippen LogP contribution in [0.4, 0.5) is 0 Å². The molecule has 0 bridgehead atoms. The lowest BCUT2D eigenvalue weighted by Crippen LogP contribution is -2.09. The largest absolute Gasteiger partial charge is 0.461 e. The normalized spacial score (nSPS) is 20.4. The molecule has 14 heavy (non-hydrogen) atoms. The monoisotopic (exact) mass is 194 g/mol. The Morgan fingerprint density at radius 2 is 2.43 bits per heavy atom. The molecule has 0 saturated heterocycles. The predicted molar refractivity (Wildman–Crippen MR) is 56.9 cm³/mol. The van der Waals surface area contributed by atoms with E-state index < -0.39 is 0 Å². The maximum absolute atomic E-state index is 11.2. The molecule has 0 aliphatic heterocycles. The van der Waals surface area contributed by atoms with Crippen LogP contribution >= 0.6 is 0 Å². The van der Waals surface area contributed by atoms with Gasteiger partial charge in [-0.05, 0) is 31.6 Å². The summed E-state index contributed by atoms with van der Waals surface area (Å²) in [6.07, 6.45) is 11.0. The van der Waals surface area contributed by atoms with Crippen LogP contribution in [0.1, 0.15) is 32.1 Å². The fourth-order valence-electron chi connectivity index (χ4n) is 1.66. The molecule has 1 rings (SSSR count). The predicted octanol–water partition coefficient (Wildman–Crippen LogP) is 2.85. The lowest BCUT2D eigenvalue weighted by Gasteiger charge is -2.16. The maximum atomic E-state index is 11.2. The summed E-state index contributed by atoms with van der Waals surface area (Å²) in [4.78, 5) is 11.2. The summed E-state index contributed by atoms with van der Waals surface area (Å²) in [6.45, 7) is 3.83. The number of hydrogen-bond acceptors (Lipinski definition) is 2. The molecule has 1 unspecified atom stereocenters. The van der Waals surface area contributed by atoms with Crippen molar-refractivity contribution in [3.05, 3.63) is 24.8 Å². The van der Waals surface area contributed by atoms with Crippen molar-refractivity contribution in [1.82, 2.24) is 0 Å². The summed E-state index contributed by atoms with van der Waals surface area (Å²) >= 11 is 0. The third kappa shape index (κ3) is 4.26. The highest BCUT2D eigenvalue weighted by molar-refractivity contribution is 5.69. The second kappa shape index (κ2) is 6.41. The van der Waals surface area contributed by atoms with Crippen LogP contribution in [0.2, 0.25) is 0 Å². The first-order valence-electron chi connectivity index (χ1n) is 5.24. The molecule has 0 amide bonds. The summed E-state index contributed by atoms with van der Waals surface area (Å²) in [5, 5.41) is 0. The molecule has 0 spiro atoms. The van der Waals surface area contributed by atoms with Crippen molar-refractivity contribution >= 4 is 5.97 Å². The zero-order valence-electron chi connectivity index (χ0n) is 8.58. The van der Waals surface area contributed by atoms with Crippen molar-refractivity contribution in [3.63, 3.8) is 0 Å². The van der Waals surface area contributed by atoms with Crippen molar-refractivity contribution in [2.45, 2.75) is 32.1 Å². The van der Waals surface area contributed by atoms with Gasteiger partial charge in [0.15, 0.2) is 0 Å². The van der Waals surface area contributed by atoms with E-state index in [1.54, 1.807) is 6.08 Å². The molecule has 0 fully saturated rings. The fraction of sp³-hybridized carbons (Fsp3) is 0.583. The van der Waals surface area contributed by atoms with E-state index in [-0.39, 0.29) is 5.97 Å². The Bertz CT molecular complexity index is 218. The Morgan fingerprint density at radius 3 is 3.07 bits per heavy atom. The van der Waals surface area contributed by atoms with E-state index >= 15 is 0 Å². The molecule has 0 aromatic heterocycles. The Morgan fingerprint density at radius 1 is 1.57 bits per heavy atom. The molecule has 0 heterocycles. The molecular weight excluding hydrogens is 176 g/mol. The van der Waals surface area contributed by atoms with Gasteiger partial charge in [-0.2, -0.15) is 0 Å². The van der Waals surface area contributed by atoms with Crippen LogP contribution in [0.25, 0.3) is 0 Å². The van der Waals surface area contributed by atoms with Crippen LogP contribution in [-0.2, 0) is 9.53 Å². The van der Waals surface area contributed by atoms with Crippen molar-refractivity contribution in [1.29, 1.82) is 0 Å². The lowest BCUT2D eigenvalue weighted by molar-refractivity contribution is -0.142. The second-order valence-corrected chi connectivity index (χ2v) is 3.66. The van der Waals surface area contributed by atoms with Gasteiger partial charge in [0.1, 0.15) is 6.61 Å². The molecule has 0 N–H and O–H groups in total. The van der Waals surface area contributed by atoms with E-state index in [0.29, 0.717) is 18.9 Å². The summed E-state index contributed by atoms with van der Waals surface area (Å²) < 4.78 is 4.91. The van der Waals surface area contributed by atoms with Gasteiger partial charge in [-0.1, -0.05) is 24.8 Å². The fourth-order valence-corrected chi connectivity index (χ4v) is 1.66. The van der Waals surface area contributed by atoms with Crippen LogP contribution in [0.15, 0.2) is 24.8 Å². The average molecular weight is 194 g/mol. The smallest absolute Gasteiger partial charge is 0.306 e. The van der Waals surface area contributed by atoms with Gasteiger partial charge >= 0.3 is 5.97 Å². The minimum Gasteiger partial charge on any atom is -0.461 e. The minimum atomic E-state index is -0.0977. The van der Waals surface area contributed by atoms with E-state index in [2.05, 4.69) is 18.7 Å². The number of ether oxygens (including phenoxy) is 1. The Kier molecular flexibility index (Phi) is 5.05. The molecule has 0 saturated carbocycles.